The summed E-state index contributed by atoms with van der Waals surface area (Å²) < 4.78 is 22.2. The van der Waals surface area contributed by atoms with Crippen LogP contribution in [0.5, 0.6) is 46.0 Å². The predicted molar refractivity (Wildman–Crippen MR) is 180 cm³/mol. The molecule has 8 rings (SSSR count). The highest BCUT2D eigenvalue weighted by Crippen LogP contribution is 2.47. The Balaban J connectivity index is 0.000000154. The Morgan fingerprint density at radius 3 is 1.73 bits per heavy atom. The zero-order valence-corrected chi connectivity index (χ0v) is 27.7. The van der Waals surface area contributed by atoms with Gasteiger partial charge >= 0.3 is 0 Å². The topological polar surface area (TPSA) is 124 Å². The lowest BCUT2D eigenvalue weighted by atomic mass is 9.83. The maximum Gasteiger partial charge on any atom is 0.165 e. The van der Waals surface area contributed by atoms with E-state index in [9.17, 15) is 20.4 Å². The van der Waals surface area contributed by atoms with Crippen LogP contribution in [-0.2, 0) is 38.8 Å². The highest BCUT2D eigenvalue weighted by molar-refractivity contribution is 5.55. The van der Waals surface area contributed by atoms with E-state index in [4.69, 9.17) is 18.9 Å². The van der Waals surface area contributed by atoms with Gasteiger partial charge in [0, 0.05) is 49.4 Å². The Morgan fingerprint density at radius 1 is 0.542 bits per heavy atom. The molecule has 0 radical (unpaired) electrons. The van der Waals surface area contributed by atoms with E-state index >= 15 is 0 Å². The molecule has 4 aliphatic rings. The minimum atomic E-state index is -0.0973. The third-order valence-corrected chi connectivity index (χ3v) is 10.5. The number of fused-ring (bicyclic) bond motifs is 8. The van der Waals surface area contributed by atoms with Crippen LogP contribution >= 0.6 is 0 Å². The van der Waals surface area contributed by atoms with Crippen LogP contribution in [0.15, 0.2) is 48.5 Å². The first kappa shape index (κ1) is 31.8. The molecule has 2 atom stereocenters. The summed E-state index contributed by atoms with van der Waals surface area (Å²) in [5.41, 5.74) is 9.14. The van der Waals surface area contributed by atoms with E-state index < -0.39 is 0 Å². The molecule has 0 unspecified atom stereocenters. The maximum atomic E-state index is 10.1. The fourth-order valence-corrected chi connectivity index (χ4v) is 7.97. The first-order valence-corrected chi connectivity index (χ1v) is 16.3. The van der Waals surface area contributed by atoms with Crippen LogP contribution in [0.2, 0.25) is 0 Å². The van der Waals surface area contributed by atoms with Crippen LogP contribution in [-0.4, -0.2) is 71.8 Å². The number of methoxy groups -OCH3 is 4. The lowest BCUT2D eigenvalue weighted by Crippen LogP contribution is -2.39. The van der Waals surface area contributed by atoms with Gasteiger partial charge in [-0.05, 0) is 95.5 Å². The first-order valence-electron chi connectivity index (χ1n) is 16.3. The second-order valence-electron chi connectivity index (χ2n) is 12.8. The molecule has 4 N–H and O–H groups in total. The van der Waals surface area contributed by atoms with Crippen LogP contribution in [0.3, 0.4) is 0 Å². The number of rotatable bonds is 4. The zero-order valence-electron chi connectivity index (χ0n) is 27.7. The molecule has 4 aromatic carbocycles. The molecular formula is C38H42N2O8. The van der Waals surface area contributed by atoms with Crippen molar-refractivity contribution in [2.24, 2.45) is 0 Å². The van der Waals surface area contributed by atoms with Gasteiger partial charge in [-0.1, -0.05) is 12.1 Å². The molecule has 252 valence electrons. The molecule has 0 saturated carbocycles. The quantitative estimate of drug-likeness (QED) is 0.209. The van der Waals surface area contributed by atoms with Gasteiger partial charge in [0.05, 0.1) is 28.4 Å². The molecule has 0 bridgehead atoms. The summed E-state index contributed by atoms with van der Waals surface area (Å²) in [6.07, 6.45) is 3.46. The van der Waals surface area contributed by atoms with Crippen molar-refractivity contribution in [1.29, 1.82) is 0 Å². The lowest BCUT2D eigenvalue weighted by molar-refractivity contribution is 0.157. The summed E-state index contributed by atoms with van der Waals surface area (Å²) in [6.45, 7) is 3.28. The molecule has 4 aliphatic heterocycles. The van der Waals surface area contributed by atoms with Gasteiger partial charge in [0.1, 0.15) is 0 Å². The van der Waals surface area contributed by atoms with Gasteiger partial charge in [-0.2, -0.15) is 0 Å². The Hall–Kier alpha value is -4.80. The van der Waals surface area contributed by atoms with Crippen LogP contribution in [0.4, 0.5) is 0 Å². The minimum Gasteiger partial charge on any atom is -0.504 e. The molecule has 0 aliphatic carbocycles. The lowest BCUT2D eigenvalue weighted by Gasteiger charge is -2.42. The summed E-state index contributed by atoms with van der Waals surface area (Å²) in [6, 6.07) is 15.6. The smallest absolute Gasteiger partial charge is 0.165 e. The number of phenols is 4. The number of hydrogen-bond donors (Lipinski definition) is 4. The average molecular weight is 655 g/mol. The largest absolute Gasteiger partial charge is 0.504 e. The fraction of sp³-hybridized carbons (Fsp3) is 0.368. The number of phenolic OH excluding ortho intramolecular Hbond substituents is 4. The molecule has 10 nitrogen and oxygen atoms in total. The van der Waals surface area contributed by atoms with Crippen molar-refractivity contribution in [3.8, 4) is 46.0 Å². The monoisotopic (exact) mass is 654 g/mol. The van der Waals surface area contributed by atoms with E-state index in [1.807, 2.05) is 12.1 Å². The van der Waals surface area contributed by atoms with E-state index in [1.54, 1.807) is 40.6 Å². The number of ether oxygens (including phenoxy) is 4. The van der Waals surface area contributed by atoms with E-state index in [0.29, 0.717) is 19.0 Å². The molecule has 10 heteroatoms. The average Bonchev–Trinajstić information content (AvgIpc) is 3.11. The Labute approximate surface area is 280 Å². The van der Waals surface area contributed by atoms with Crippen molar-refractivity contribution in [2.45, 2.75) is 50.9 Å². The minimum absolute atomic E-state index is 0.0321. The number of benzene rings is 4. The van der Waals surface area contributed by atoms with E-state index in [0.717, 1.165) is 84.1 Å². The number of hydrogen-bond acceptors (Lipinski definition) is 10. The van der Waals surface area contributed by atoms with Gasteiger partial charge in [-0.15, -0.1) is 0 Å². The molecule has 4 heterocycles. The van der Waals surface area contributed by atoms with Gasteiger partial charge in [0.2, 0.25) is 0 Å². The van der Waals surface area contributed by atoms with Crippen LogP contribution < -0.4 is 18.9 Å². The molecule has 48 heavy (non-hydrogen) atoms. The van der Waals surface area contributed by atoms with Gasteiger partial charge in [0.25, 0.3) is 0 Å². The summed E-state index contributed by atoms with van der Waals surface area (Å²) >= 11 is 0. The van der Waals surface area contributed by atoms with Crippen molar-refractivity contribution in [3.63, 3.8) is 0 Å². The Morgan fingerprint density at radius 2 is 1.08 bits per heavy atom. The van der Waals surface area contributed by atoms with Gasteiger partial charge in [0.15, 0.2) is 46.0 Å². The summed E-state index contributed by atoms with van der Waals surface area (Å²) in [7, 11) is 6.79. The highest BCUT2D eigenvalue weighted by Gasteiger charge is 2.36. The van der Waals surface area contributed by atoms with Gasteiger partial charge in [-0.3, -0.25) is 9.80 Å². The third-order valence-electron chi connectivity index (χ3n) is 10.5. The van der Waals surface area contributed by atoms with Gasteiger partial charge in [-0.25, -0.2) is 0 Å². The number of nitrogens with zero attached hydrogens (tertiary/aromatic N) is 2. The van der Waals surface area contributed by atoms with E-state index in [-0.39, 0.29) is 29.0 Å². The van der Waals surface area contributed by atoms with Crippen LogP contribution in [0, 0.1) is 0 Å². The van der Waals surface area contributed by atoms with Crippen LogP contribution in [0.1, 0.15) is 56.6 Å². The molecular weight excluding hydrogens is 612 g/mol. The maximum absolute atomic E-state index is 10.1. The predicted octanol–water partition coefficient (Wildman–Crippen LogP) is 5.54. The van der Waals surface area contributed by atoms with Crippen molar-refractivity contribution in [2.75, 3.05) is 41.5 Å². The zero-order chi connectivity index (χ0) is 33.7. The molecule has 0 saturated heterocycles. The molecule has 0 aromatic heterocycles. The normalized spacial score (nSPS) is 19.2. The Bertz CT molecular complexity index is 1870. The molecule has 4 aromatic rings. The standard InChI is InChI=1S/C21H25NO4.C17H17NO4/c1-23-18-6-5-13-9-17-15-11-20(25-3)19(24-2)10-14(15)7-8-22(17)12-16(13)21(18)26-4;19-14-2-1-9-5-13-11-7-16(21)15(20)6-10(11)3-4-18(13)8-12(9)17(14)22/h5-6,10-11,17H,7-9,12H2,1-4H3;1-2,6-7,13,19-22H,3-5,8H2/t17-;13-/m11/s1. The second kappa shape index (κ2) is 12.7. The molecule has 0 spiro atoms. The third kappa shape index (κ3) is 5.38. The Kier molecular flexibility index (Phi) is 8.39. The van der Waals surface area contributed by atoms with Crippen molar-refractivity contribution in [1.82, 2.24) is 9.80 Å². The second-order valence-corrected chi connectivity index (χ2v) is 12.8. The van der Waals surface area contributed by atoms with E-state index in [1.165, 1.54) is 28.3 Å². The first-order chi connectivity index (χ1) is 23.2. The van der Waals surface area contributed by atoms with E-state index in [2.05, 4.69) is 28.0 Å². The fourth-order valence-electron chi connectivity index (χ4n) is 7.97. The molecule has 0 fully saturated rings. The SMILES string of the molecule is COc1cc2c(cc1OC)[C@H]1Cc3ccc(OC)c(OC)c3CN1CC2.Oc1cc2c(cc1O)[C@H]1Cc3ccc(O)c(O)c3CN1CC2. The highest BCUT2D eigenvalue weighted by atomic mass is 16.5. The molecule has 0 amide bonds. The summed E-state index contributed by atoms with van der Waals surface area (Å²) in [5.74, 6) is 2.97. The van der Waals surface area contributed by atoms with Crippen LogP contribution in [0.25, 0.3) is 0 Å². The van der Waals surface area contributed by atoms with Gasteiger partial charge < -0.3 is 39.4 Å². The summed E-state index contributed by atoms with van der Waals surface area (Å²) in [5, 5.41) is 39.2. The van der Waals surface area contributed by atoms with Crippen molar-refractivity contribution in [3.05, 3.63) is 93.0 Å². The number of aromatic hydroxyl groups is 4. The van der Waals surface area contributed by atoms with Crippen molar-refractivity contribution >= 4 is 0 Å². The summed E-state index contributed by atoms with van der Waals surface area (Å²) in [4.78, 5) is 4.76. The van der Waals surface area contributed by atoms with Crippen molar-refractivity contribution < 1.29 is 39.4 Å².